The smallest absolute Gasteiger partial charge is 0.273 e. The number of nitrogens with one attached hydrogen (secondary N) is 1. The van der Waals surface area contributed by atoms with Gasteiger partial charge >= 0.3 is 0 Å². The lowest BCUT2D eigenvalue weighted by molar-refractivity contribution is 0.0908. The molecule has 0 aliphatic heterocycles. The molecule has 1 aliphatic carbocycles. The molecule has 98 valence electrons. The van der Waals surface area contributed by atoms with E-state index < -0.39 is 0 Å². The van der Waals surface area contributed by atoms with Crippen molar-refractivity contribution in [2.45, 2.75) is 25.3 Å². The van der Waals surface area contributed by atoms with Gasteiger partial charge in [0, 0.05) is 17.7 Å². The number of rotatable bonds is 3. The van der Waals surface area contributed by atoms with Gasteiger partial charge in [0.1, 0.15) is 5.82 Å². The molecule has 0 unspecified atom stereocenters. The third kappa shape index (κ3) is 2.50. The van der Waals surface area contributed by atoms with Crippen LogP contribution in [0.15, 0.2) is 34.9 Å². The molecular formula is C14H13FN2O2. The summed E-state index contributed by atoms with van der Waals surface area (Å²) >= 11 is 0. The van der Waals surface area contributed by atoms with E-state index in [9.17, 15) is 9.18 Å². The number of nitrogens with zero attached hydrogens (tertiary/aromatic N) is 1. The van der Waals surface area contributed by atoms with Crippen LogP contribution in [-0.4, -0.2) is 17.1 Å². The van der Waals surface area contributed by atoms with E-state index in [1.807, 2.05) is 0 Å². The van der Waals surface area contributed by atoms with Gasteiger partial charge in [-0.15, -0.1) is 0 Å². The second-order valence-electron chi connectivity index (χ2n) is 4.69. The fourth-order valence-electron chi connectivity index (χ4n) is 1.97. The quantitative estimate of drug-likeness (QED) is 0.923. The van der Waals surface area contributed by atoms with E-state index in [-0.39, 0.29) is 23.5 Å². The average molecular weight is 260 g/mol. The predicted molar refractivity (Wildman–Crippen MR) is 67.0 cm³/mol. The molecule has 2 aromatic rings. The fourth-order valence-corrected chi connectivity index (χ4v) is 1.97. The Labute approximate surface area is 109 Å². The fraction of sp³-hybridized carbons (Fsp3) is 0.286. The number of amides is 1. The number of hydrogen-bond donors (Lipinski definition) is 1. The highest BCUT2D eigenvalue weighted by molar-refractivity contribution is 5.93. The molecule has 5 heteroatoms. The molecule has 1 fully saturated rings. The molecule has 1 aromatic carbocycles. The summed E-state index contributed by atoms with van der Waals surface area (Å²) in [5.41, 5.74) is 0.793. The molecule has 0 saturated heterocycles. The maximum Gasteiger partial charge on any atom is 0.273 e. The molecule has 0 atom stereocenters. The number of carbonyl (C=O) groups excluding carboxylic acids is 1. The molecule has 1 saturated carbocycles. The first-order valence-electron chi connectivity index (χ1n) is 6.26. The van der Waals surface area contributed by atoms with Gasteiger partial charge in [-0.05, 0) is 31.4 Å². The lowest BCUT2D eigenvalue weighted by Crippen LogP contribution is -2.39. The van der Waals surface area contributed by atoms with Crippen molar-refractivity contribution < 1.29 is 13.7 Å². The first-order valence-corrected chi connectivity index (χ1v) is 6.26. The number of hydrogen-bond acceptors (Lipinski definition) is 3. The lowest BCUT2D eigenvalue weighted by Gasteiger charge is -2.25. The van der Waals surface area contributed by atoms with Crippen molar-refractivity contribution in [3.63, 3.8) is 0 Å². The normalized spacial score (nSPS) is 15.0. The Hall–Kier alpha value is -2.17. The Balaban J connectivity index is 1.77. The summed E-state index contributed by atoms with van der Waals surface area (Å²) in [7, 11) is 0. The Morgan fingerprint density at radius 3 is 2.89 bits per heavy atom. The van der Waals surface area contributed by atoms with Gasteiger partial charge in [0.25, 0.3) is 5.91 Å². The minimum absolute atomic E-state index is 0.228. The van der Waals surface area contributed by atoms with Crippen molar-refractivity contribution in [3.05, 3.63) is 41.8 Å². The minimum Gasteiger partial charge on any atom is -0.355 e. The van der Waals surface area contributed by atoms with Gasteiger partial charge in [-0.3, -0.25) is 4.79 Å². The molecule has 0 spiro atoms. The molecule has 4 nitrogen and oxygen atoms in total. The van der Waals surface area contributed by atoms with Crippen LogP contribution >= 0.6 is 0 Å². The minimum atomic E-state index is -0.352. The number of halogens is 1. The zero-order chi connectivity index (χ0) is 13.2. The zero-order valence-corrected chi connectivity index (χ0v) is 10.2. The van der Waals surface area contributed by atoms with Gasteiger partial charge in [0.2, 0.25) is 0 Å². The number of aromatic nitrogens is 1. The highest BCUT2D eigenvalue weighted by atomic mass is 19.1. The largest absolute Gasteiger partial charge is 0.355 e. The van der Waals surface area contributed by atoms with Crippen molar-refractivity contribution in [2.75, 3.05) is 0 Å². The summed E-state index contributed by atoms with van der Waals surface area (Å²) in [5.74, 6) is -0.205. The molecule has 0 radical (unpaired) electrons. The SMILES string of the molecule is O=C(NC1CCC1)c1cc(-c2cccc(F)c2)on1. The van der Waals surface area contributed by atoms with E-state index in [1.165, 1.54) is 18.2 Å². The van der Waals surface area contributed by atoms with Gasteiger partial charge in [0.15, 0.2) is 11.5 Å². The van der Waals surface area contributed by atoms with E-state index in [4.69, 9.17) is 4.52 Å². The van der Waals surface area contributed by atoms with Gasteiger partial charge in [-0.2, -0.15) is 0 Å². The second kappa shape index (κ2) is 4.84. The Morgan fingerprint density at radius 1 is 1.37 bits per heavy atom. The summed E-state index contributed by atoms with van der Waals surface area (Å²) in [4.78, 5) is 11.9. The maximum absolute atomic E-state index is 13.1. The van der Waals surface area contributed by atoms with Crippen LogP contribution in [0.2, 0.25) is 0 Å². The molecule has 1 aromatic heterocycles. The summed E-state index contributed by atoms with van der Waals surface area (Å²) in [6, 6.07) is 7.77. The molecule has 1 aliphatic rings. The van der Waals surface area contributed by atoms with E-state index >= 15 is 0 Å². The van der Waals surface area contributed by atoms with Crippen molar-refractivity contribution in [2.24, 2.45) is 0 Å². The number of carbonyl (C=O) groups is 1. The highest BCUT2D eigenvalue weighted by Crippen LogP contribution is 2.22. The van der Waals surface area contributed by atoms with E-state index in [1.54, 1.807) is 12.1 Å². The summed E-state index contributed by atoms with van der Waals surface area (Å²) in [6.45, 7) is 0. The van der Waals surface area contributed by atoms with Crippen LogP contribution in [-0.2, 0) is 0 Å². The predicted octanol–water partition coefficient (Wildman–Crippen LogP) is 2.76. The van der Waals surface area contributed by atoms with Crippen LogP contribution < -0.4 is 5.32 Å². The van der Waals surface area contributed by atoms with E-state index in [0.29, 0.717) is 11.3 Å². The van der Waals surface area contributed by atoms with Crippen LogP contribution in [0, 0.1) is 5.82 Å². The average Bonchev–Trinajstić information content (AvgIpc) is 2.83. The van der Waals surface area contributed by atoms with Gasteiger partial charge in [0.05, 0.1) is 0 Å². The third-order valence-corrected chi connectivity index (χ3v) is 3.29. The Bertz CT molecular complexity index is 605. The van der Waals surface area contributed by atoms with Crippen LogP contribution in [0.5, 0.6) is 0 Å². The monoisotopic (exact) mass is 260 g/mol. The topological polar surface area (TPSA) is 55.1 Å². The molecular weight excluding hydrogens is 247 g/mol. The molecule has 19 heavy (non-hydrogen) atoms. The zero-order valence-electron chi connectivity index (χ0n) is 10.2. The standard InChI is InChI=1S/C14H13FN2O2/c15-10-4-1-3-9(7-10)13-8-12(17-19-13)14(18)16-11-5-2-6-11/h1,3-4,7-8,11H,2,5-6H2,(H,16,18). The number of benzene rings is 1. The first kappa shape index (κ1) is 11.9. The maximum atomic E-state index is 13.1. The Morgan fingerprint density at radius 2 is 2.21 bits per heavy atom. The van der Waals surface area contributed by atoms with Crippen LogP contribution in [0.3, 0.4) is 0 Å². The van der Waals surface area contributed by atoms with Gasteiger partial charge in [-0.25, -0.2) is 4.39 Å². The third-order valence-electron chi connectivity index (χ3n) is 3.29. The molecule has 1 amide bonds. The summed E-state index contributed by atoms with van der Waals surface area (Å²) in [5, 5.41) is 6.60. The van der Waals surface area contributed by atoms with Crippen molar-refractivity contribution in [3.8, 4) is 11.3 Å². The molecule has 1 heterocycles. The van der Waals surface area contributed by atoms with Crippen LogP contribution in [0.1, 0.15) is 29.8 Å². The second-order valence-corrected chi connectivity index (χ2v) is 4.69. The van der Waals surface area contributed by atoms with Gasteiger partial charge < -0.3 is 9.84 Å². The molecule has 1 N–H and O–H groups in total. The summed E-state index contributed by atoms with van der Waals surface area (Å²) < 4.78 is 18.2. The van der Waals surface area contributed by atoms with Crippen molar-refractivity contribution in [1.82, 2.24) is 10.5 Å². The van der Waals surface area contributed by atoms with Crippen molar-refractivity contribution in [1.29, 1.82) is 0 Å². The van der Waals surface area contributed by atoms with Crippen LogP contribution in [0.4, 0.5) is 4.39 Å². The summed E-state index contributed by atoms with van der Waals surface area (Å²) in [6.07, 6.45) is 3.18. The molecule has 0 bridgehead atoms. The van der Waals surface area contributed by atoms with Crippen LogP contribution in [0.25, 0.3) is 11.3 Å². The highest BCUT2D eigenvalue weighted by Gasteiger charge is 2.22. The van der Waals surface area contributed by atoms with E-state index in [0.717, 1.165) is 19.3 Å². The van der Waals surface area contributed by atoms with E-state index in [2.05, 4.69) is 10.5 Å². The van der Waals surface area contributed by atoms with Gasteiger partial charge in [-0.1, -0.05) is 17.3 Å². The lowest BCUT2D eigenvalue weighted by atomic mass is 9.93. The van der Waals surface area contributed by atoms with Crippen molar-refractivity contribution >= 4 is 5.91 Å². The Kier molecular flexibility index (Phi) is 3.03. The first-order chi connectivity index (χ1) is 9.22. The molecule has 3 rings (SSSR count).